The number of nitrogen functional groups attached to an aromatic ring is 1. The van der Waals surface area contributed by atoms with Crippen molar-refractivity contribution < 1.29 is 4.42 Å². The number of aromatic amines is 1. The lowest BCUT2D eigenvalue weighted by molar-refractivity contribution is 0.503. The second-order valence-electron chi connectivity index (χ2n) is 4.03. The van der Waals surface area contributed by atoms with E-state index in [4.69, 9.17) is 10.2 Å². The van der Waals surface area contributed by atoms with E-state index < -0.39 is 0 Å². The summed E-state index contributed by atoms with van der Waals surface area (Å²) in [5.74, 6) is 2.44. The summed E-state index contributed by atoms with van der Waals surface area (Å²) in [5.41, 5.74) is 10.1. The number of aryl methyl sites for hydroxylation is 2. The summed E-state index contributed by atoms with van der Waals surface area (Å²) in [5, 5.41) is 7.07. The van der Waals surface area contributed by atoms with Gasteiger partial charge in [-0.25, -0.2) is 0 Å². The van der Waals surface area contributed by atoms with Gasteiger partial charge in [-0.2, -0.15) is 5.10 Å². The van der Waals surface area contributed by atoms with Crippen LogP contribution in [-0.2, 0) is 6.42 Å². The molecule has 0 atom stereocenters. The van der Waals surface area contributed by atoms with Gasteiger partial charge in [0.25, 0.3) is 0 Å². The molecule has 0 bridgehead atoms. The van der Waals surface area contributed by atoms with Gasteiger partial charge in [0.1, 0.15) is 17.3 Å². The van der Waals surface area contributed by atoms with Gasteiger partial charge >= 0.3 is 0 Å². The van der Waals surface area contributed by atoms with Crippen molar-refractivity contribution in [1.29, 1.82) is 0 Å². The predicted octanol–water partition coefficient (Wildman–Crippen LogP) is 2.74. The predicted molar refractivity (Wildman–Crippen MR) is 64.3 cm³/mol. The molecule has 0 saturated heterocycles. The topological polar surface area (TPSA) is 67.8 Å². The molecule has 0 radical (unpaired) electrons. The number of hydrogen-bond donors (Lipinski definition) is 2. The molecule has 0 amide bonds. The van der Waals surface area contributed by atoms with Gasteiger partial charge in [0.05, 0.1) is 5.69 Å². The minimum absolute atomic E-state index is 0.579. The average Bonchev–Trinajstić information content (AvgIpc) is 2.70. The largest absolute Gasteiger partial charge is 0.466 e. The summed E-state index contributed by atoms with van der Waals surface area (Å²) < 4.78 is 5.62. The third-order valence-electron chi connectivity index (χ3n) is 3.06. The summed E-state index contributed by atoms with van der Waals surface area (Å²) in [6.45, 7) is 8.06. The minimum Gasteiger partial charge on any atom is -0.466 e. The highest BCUT2D eigenvalue weighted by molar-refractivity contribution is 5.73. The fourth-order valence-corrected chi connectivity index (χ4v) is 2.10. The van der Waals surface area contributed by atoms with Crippen LogP contribution in [0, 0.1) is 20.8 Å². The van der Waals surface area contributed by atoms with E-state index in [0.717, 1.165) is 40.3 Å². The molecule has 0 fully saturated rings. The fraction of sp³-hybridized carbons (Fsp3) is 0.417. The molecule has 0 saturated carbocycles. The third kappa shape index (κ3) is 1.41. The van der Waals surface area contributed by atoms with Crippen molar-refractivity contribution >= 4 is 5.82 Å². The van der Waals surface area contributed by atoms with Crippen LogP contribution < -0.4 is 5.73 Å². The number of hydrogen-bond acceptors (Lipinski definition) is 3. The molecule has 0 aromatic carbocycles. The first-order chi connectivity index (χ1) is 7.56. The zero-order valence-corrected chi connectivity index (χ0v) is 10.1. The van der Waals surface area contributed by atoms with Gasteiger partial charge in [0.15, 0.2) is 0 Å². The molecule has 2 aromatic heterocycles. The summed E-state index contributed by atoms with van der Waals surface area (Å²) in [7, 11) is 0. The van der Waals surface area contributed by atoms with Crippen molar-refractivity contribution in [3.63, 3.8) is 0 Å². The minimum atomic E-state index is 0.579. The van der Waals surface area contributed by atoms with Gasteiger partial charge < -0.3 is 10.2 Å². The molecule has 0 spiro atoms. The standard InChI is InChI=1S/C12H17N3O/c1-5-9-11(14-15-12(9)13)10-6(2)7(3)16-8(10)4/h5H2,1-4H3,(H3,13,14,15). The Bertz CT molecular complexity index is 523. The number of nitrogens with one attached hydrogen (secondary N) is 1. The number of H-pyrrole nitrogens is 1. The Morgan fingerprint density at radius 1 is 1.25 bits per heavy atom. The Morgan fingerprint density at radius 2 is 1.94 bits per heavy atom. The van der Waals surface area contributed by atoms with E-state index in [0.29, 0.717) is 5.82 Å². The highest BCUT2D eigenvalue weighted by atomic mass is 16.3. The number of nitrogens with zero attached hydrogens (tertiary/aromatic N) is 1. The summed E-state index contributed by atoms with van der Waals surface area (Å²) in [6, 6.07) is 0. The van der Waals surface area contributed by atoms with Crippen LogP contribution in [0.5, 0.6) is 0 Å². The first kappa shape index (κ1) is 10.8. The van der Waals surface area contributed by atoms with Crippen molar-refractivity contribution in [1.82, 2.24) is 10.2 Å². The van der Waals surface area contributed by atoms with Crippen LogP contribution in [0.15, 0.2) is 4.42 Å². The van der Waals surface area contributed by atoms with Gasteiger partial charge in [-0.1, -0.05) is 6.92 Å². The maximum atomic E-state index is 5.82. The van der Waals surface area contributed by atoms with Crippen molar-refractivity contribution in [3.8, 4) is 11.3 Å². The number of aromatic nitrogens is 2. The maximum Gasteiger partial charge on any atom is 0.149 e. The average molecular weight is 219 g/mol. The van der Waals surface area contributed by atoms with Gasteiger partial charge in [-0.05, 0) is 32.8 Å². The Morgan fingerprint density at radius 3 is 2.44 bits per heavy atom. The second-order valence-corrected chi connectivity index (χ2v) is 4.03. The zero-order valence-electron chi connectivity index (χ0n) is 10.1. The van der Waals surface area contributed by atoms with Crippen molar-refractivity contribution in [2.75, 3.05) is 5.73 Å². The Hall–Kier alpha value is -1.71. The van der Waals surface area contributed by atoms with Crippen LogP contribution in [0.2, 0.25) is 0 Å². The molecular formula is C12H17N3O. The van der Waals surface area contributed by atoms with E-state index in [1.54, 1.807) is 0 Å². The molecule has 4 heteroatoms. The smallest absolute Gasteiger partial charge is 0.149 e. The van der Waals surface area contributed by atoms with Crippen LogP contribution in [0.25, 0.3) is 11.3 Å². The molecular weight excluding hydrogens is 202 g/mol. The number of nitrogens with two attached hydrogens (primary N) is 1. The zero-order chi connectivity index (χ0) is 11.9. The molecule has 2 heterocycles. The van der Waals surface area contributed by atoms with Gasteiger partial charge in [0.2, 0.25) is 0 Å². The molecule has 2 aromatic rings. The highest BCUT2D eigenvalue weighted by Gasteiger charge is 2.19. The van der Waals surface area contributed by atoms with Crippen molar-refractivity contribution in [2.24, 2.45) is 0 Å². The number of furan rings is 1. The van der Waals surface area contributed by atoms with Gasteiger partial charge in [-0.15, -0.1) is 0 Å². The van der Waals surface area contributed by atoms with Crippen LogP contribution >= 0.6 is 0 Å². The van der Waals surface area contributed by atoms with Crippen LogP contribution in [-0.4, -0.2) is 10.2 Å². The van der Waals surface area contributed by atoms with Crippen molar-refractivity contribution in [3.05, 3.63) is 22.6 Å². The van der Waals surface area contributed by atoms with Crippen LogP contribution in [0.4, 0.5) is 5.82 Å². The first-order valence-corrected chi connectivity index (χ1v) is 5.45. The normalized spacial score (nSPS) is 11.0. The molecule has 3 N–H and O–H groups in total. The maximum absolute atomic E-state index is 5.82. The number of rotatable bonds is 2. The quantitative estimate of drug-likeness (QED) is 0.816. The Kier molecular flexibility index (Phi) is 2.50. The fourth-order valence-electron chi connectivity index (χ4n) is 2.10. The number of anilines is 1. The van der Waals surface area contributed by atoms with Gasteiger partial charge in [-0.3, -0.25) is 5.10 Å². The molecule has 0 unspecified atom stereocenters. The first-order valence-electron chi connectivity index (χ1n) is 5.45. The second kappa shape index (κ2) is 3.70. The SMILES string of the molecule is CCc1c(N)n[nH]c1-c1c(C)oc(C)c1C. The lowest BCUT2D eigenvalue weighted by atomic mass is 10.0. The Balaban J connectivity index is 2.67. The van der Waals surface area contributed by atoms with Crippen molar-refractivity contribution in [2.45, 2.75) is 34.1 Å². The van der Waals surface area contributed by atoms with E-state index in [1.807, 2.05) is 13.8 Å². The molecule has 86 valence electrons. The van der Waals surface area contributed by atoms with E-state index in [2.05, 4.69) is 24.0 Å². The van der Waals surface area contributed by atoms with Crippen LogP contribution in [0.3, 0.4) is 0 Å². The molecule has 2 rings (SSSR count). The van der Waals surface area contributed by atoms with E-state index in [-0.39, 0.29) is 0 Å². The summed E-state index contributed by atoms with van der Waals surface area (Å²) in [6.07, 6.45) is 0.862. The molecule has 4 nitrogen and oxygen atoms in total. The van der Waals surface area contributed by atoms with E-state index >= 15 is 0 Å². The highest BCUT2D eigenvalue weighted by Crippen LogP contribution is 2.34. The summed E-state index contributed by atoms with van der Waals surface area (Å²) in [4.78, 5) is 0. The lowest BCUT2D eigenvalue weighted by Crippen LogP contribution is -1.91. The van der Waals surface area contributed by atoms with Crippen LogP contribution in [0.1, 0.15) is 29.6 Å². The lowest BCUT2D eigenvalue weighted by Gasteiger charge is -2.01. The monoisotopic (exact) mass is 219 g/mol. The Labute approximate surface area is 94.8 Å². The van der Waals surface area contributed by atoms with E-state index in [1.165, 1.54) is 0 Å². The molecule has 0 aliphatic heterocycles. The van der Waals surface area contributed by atoms with E-state index in [9.17, 15) is 0 Å². The third-order valence-corrected chi connectivity index (χ3v) is 3.06. The van der Waals surface area contributed by atoms with Gasteiger partial charge in [0, 0.05) is 11.1 Å². The molecule has 16 heavy (non-hydrogen) atoms. The summed E-state index contributed by atoms with van der Waals surface area (Å²) >= 11 is 0. The molecule has 0 aliphatic carbocycles. The molecule has 0 aliphatic rings.